The molecule has 0 bridgehead atoms. The maximum absolute atomic E-state index is 13.3. The number of rotatable bonds is 3. The molecule has 1 amide bonds. The summed E-state index contributed by atoms with van der Waals surface area (Å²) in [4.78, 5) is 20.1. The van der Waals surface area contributed by atoms with Gasteiger partial charge in [0, 0.05) is 29.6 Å². The van der Waals surface area contributed by atoms with Crippen molar-refractivity contribution in [3.8, 4) is 0 Å². The van der Waals surface area contributed by atoms with Crippen LogP contribution in [0.5, 0.6) is 0 Å². The van der Waals surface area contributed by atoms with Crippen LogP contribution in [-0.4, -0.2) is 34.9 Å². The molecule has 2 fully saturated rings. The van der Waals surface area contributed by atoms with Crippen LogP contribution >= 0.6 is 0 Å². The zero-order valence-electron chi connectivity index (χ0n) is 14.5. The Morgan fingerprint density at radius 1 is 1.33 bits per heavy atom. The third-order valence-electron chi connectivity index (χ3n) is 5.47. The van der Waals surface area contributed by atoms with Crippen LogP contribution in [0.1, 0.15) is 53.7 Å². The lowest BCUT2D eigenvalue weighted by Crippen LogP contribution is -2.34. The number of nitrogens with two attached hydrogens (primary N) is 1. The van der Waals surface area contributed by atoms with Crippen LogP contribution in [0, 0.1) is 12.8 Å². The van der Waals surface area contributed by atoms with Crippen LogP contribution in [-0.2, 0) is 0 Å². The first-order valence-corrected chi connectivity index (χ1v) is 8.99. The lowest BCUT2D eigenvalue weighted by molar-refractivity contribution is 0.0745. The smallest absolute Gasteiger partial charge is 0.254 e. The topological polar surface area (TPSA) is 59.2 Å². The summed E-state index contributed by atoms with van der Waals surface area (Å²) >= 11 is 0. The van der Waals surface area contributed by atoms with E-state index in [-0.39, 0.29) is 11.9 Å². The molecule has 2 N–H and O–H groups in total. The second-order valence-corrected chi connectivity index (χ2v) is 7.53. The first kappa shape index (κ1) is 15.6. The highest BCUT2D eigenvalue weighted by Gasteiger charge is 2.34. The molecule has 4 heteroatoms. The van der Waals surface area contributed by atoms with Gasteiger partial charge in [0.2, 0.25) is 0 Å². The van der Waals surface area contributed by atoms with Gasteiger partial charge < -0.3 is 10.6 Å². The minimum absolute atomic E-state index is 0.137. The normalized spacial score (nSPS) is 23.9. The molecule has 1 aliphatic carbocycles. The molecule has 1 aromatic heterocycles. The Balaban J connectivity index is 1.79. The van der Waals surface area contributed by atoms with Crippen molar-refractivity contribution in [2.24, 2.45) is 11.7 Å². The zero-order chi connectivity index (χ0) is 16.8. The fraction of sp³-hybridized carbons (Fsp3) is 0.500. The molecule has 2 aliphatic rings. The molecule has 1 aromatic carbocycles. The van der Waals surface area contributed by atoms with Crippen LogP contribution in [0.4, 0.5) is 0 Å². The van der Waals surface area contributed by atoms with E-state index >= 15 is 0 Å². The second-order valence-electron chi connectivity index (χ2n) is 7.53. The van der Waals surface area contributed by atoms with Crippen molar-refractivity contribution in [3.63, 3.8) is 0 Å². The predicted molar refractivity (Wildman–Crippen MR) is 96.1 cm³/mol. The third-order valence-corrected chi connectivity index (χ3v) is 5.47. The molecule has 4 nitrogen and oxygen atoms in total. The molecule has 1 saturated heterocycles. The summed E-state index contributed by atoms with van der Waals surface area (Å²) in [6, 6.07) is 8.51. The van der Waals surface area contributed by atoms with Gasteiger partial charge in [0.25, 0.3) is 5.91 Å². The van der Waals surface area contributed by atoms with Crippen molar-refractivity contribution in [2.45, 2.75) is 45.1 Å². The quantitative estimate of drug-likeness (QED) is 0.943. The number of amides is 1. The number of carbonyl (C=O) groups excluding carboxylic acids is 1. The Kier molecular flexibility index (Phi) is 3.80. The van der Waals surface area contributed by atoms with Gasteiger partial charge in [0.05, 0.1) is 11.1 Å². The number of fused-ring (bicyclic) bond motifs is 1. The molecule has 126 valence electrons. The van der Waals surface area contributed by atoms with Crippen molar-refractivity contribution in [3.05, 3.63) is 41.1 Å². The Bertz CT molecular complexity index is 797. The van der Waals surface area contributed by atoms with Crippen LogP contribution < -0.4 is 5.73 Å². The largest absolute Gasteiger partial charge is 0.336 e. The highest BCUT2D eigenvalue weighted by atomic mass is 16.2. The lowest BCUT2D eigenvalue weighted by atomic mass is 10.0. The summed E-state index contributed by atoms with van der Waals surface area (Å²) in [7, 11) is 0. The average Bonchev–Trinajstić information content (AvgIpc) is 3.36. The van der Waals surface area contributed by atoms with Crippen LogP contribution in [0.3, 0.4) is 0 Å². The van der Waals surface area contributed by atoms with Crippen LogP contribution in [0.15, 0.2) is 24.3 Å². The van der Waals surface area contributed by atoms with E-state index in [4.69, 9.17) is 10.7 Å². The molecule has 1 saturated carbocycles. The van der Waals surface area contributed by atoms with E-state index in [1.54, 1.807) is 0 Å². The van der Waals surface area contributed by atoms with Crippen molar-refractivity contribution in [1.29, 1.82) is 0 Å². The SMILES string of the molecule is Cc1ccc2nc(C3CC3)cc(C(=O)N3CC(CN)CC3C)c2c1. The summed E-state index contributed by atoms with van der Waals surface area (Å²) in [5.41, 5.74) is 9.83. The Labute approximate surface area is 143 Å². The molecule has 4 rings (SSSR count). The fourth-order valence-corrected chi connectivity index (χ4v) is 3.88. The molecule has 2 unspecified atom stereocenters. The predicted octanol–water partition coefficient (Wildman–Crippen LogP) is 3.23. The van der Waals surface area contributed by atoms with Gasteiger partial charge in [-0.25, -0.2) is 0 Å². The molecule has 24 heavy (non-hydrogen) atoms. The van der Waals surface area contributed by atoms with Crippen molar-refractivity contribution in [2.75, 3.05) is 13.1 Å². The first-order valence-electron chi connectivity index (χ1n) is 8.99. The third kappa shape index (κ3) is 2.69. The molecule has 2 atom stereocenters. The summed E-state index contributed by atoms with van der Waals surface area (Å²) in [6.45, 7) is 5.61. The van der Waals surface area contributed by atoms with E-state index in [2.05, 4.69) is 26.0 Å². The van der Waals surface area contributed by atoms with Crippen LogP contribution in [0.25, 0.3) is 10.9 Å². The van der Waals surface area contributed by atoms with Gasteiger partial charge in [-0.2, -0.15) is 0 Å². The van der Waals surface area contributed by atoms with Crippen molar-refractivity contribution >= 4 is 16.8 Å². The van der Waals surface area contributed by atoms with Gasteiger partial charge in [-0.1, -0.05) is 11.6 Å². The van der Waals surface area contributed by atoms with E-state index in [1.165, 1.54) is 12.8 Å². The van der Waals surface area contributed by atoms with Crippen LogP contribution in [0.2, 0.25) is 0 Å². The van der Waals surface area contributed by atoms with E-state index in [0.29, 0.717) is 18.4 Å². The van der Waals surface area contributed by atoms with Crippen molar-refractivity contribution < 1.29 is 4.79 Å². The number of likely N-dealkylation sites (tertiary alicyclic amines) is 1. The highest BCUT2D eigenvalue weighted by molar-refractivity contribution is 6.06. The minimum atomic E-state index is 0.137. The monoisotopic (exact) mass is 323 g/mol. The van der Waals surface area contributed by atoms with Gasteiger partial charge in [-0.3, -0.25) is 9.78 Å². The summed E-state index contributed by atoms with van der Waals surface area (Å²) in [6.07, 6.45) is 3.38. The number of hydrogen-bond donors (Lipinski definition) is 1. The number of benzene rings is 1. The number of aryl methyl sites for hydroxylation is 1. The molecule has 2 heterocycles. The number of pyridine rings is 1. The summed E-state index contributed by atoms with van der Waals surface area (Å²) < 4.78 is 0. The Morgan fingerprint density at radius 2 is 2.12 bits per heavy atom. The summed E-state index contributed by atoms with van der Waals surface area (Å²) in [5, 5.41) is 0.979. The second kappa shape index (κ2) is 5.85. The Morgan fingerprint density at radius 3 is 2.79 bits per heavy atom. The van der Waals surface area contributed by atoms with E-state index in [0.717, 1.165) is 40.7 Å². The van der Waals surface area contributed by atoms with Gasteiger partial charge in [-0.15, -0.1) is 0 Å². The Hall–Kier alpha value is -1.94. The maximum atomic E-state index is 13.3. The number of hydrogen-bond acceptors (Lipinski definition) is 3. The minimum Gasteiger partial charge on any atom is -0.336 e. The van der Waals surface area contributed by atoms with E-state index in [9.17, 15) is 4.79 Å². The van der Waals surface area contributed by atoms with Gasteiger partial charge in [-0.05, 0) is 63.8 Å². The first-order chi connectivity index (χ1) is 11.6. The highest BCUT2D eigenvalue weighted by Crippen LogP contribution is 2.40. The number of carbonyl (C=O) groups is 1. The molecular formula is C20H25N3O. The van der Waals surface area contributed by atoms with Crippen molar-refractivity contribution in [1.82, 2.24) is 9.88 Å². The molecule has 0 spiro atoms. The van der Waals surface area contributed by atoms with E-state index < -0.39 is 0 Å². The van der Waals surface area contributed by atoms with E-state index in [1.807, 2.05) is 17.0 Å². The molecule has 1 aliphatic heterocycles. The fourth-order valence-electron chi connectivity index (χ4n) is 3.88. The van der Waals surface area contributed by atoms with Gasteiger partial charge in [0.1, 0.15) is 0 Å². The zero-order valence-corrected chi connectivity index (χ0v) is 14.5. The van der Waals surface area contributed by atoms with Gasteiger partial charge >= 0.3 is 0 Å². The number of nitrogens with zero attached hydrogens (tertiary/aromatic N) is 2. The average molecular weight is 323 g/mol. The maximum Gasteiger partial charge on any atom is 0.254 e. The number of aromatic nitrogens is 1. The lowest BCUT2D eigenvalue weighted by Gasteiger charge is -2.23. The standard InChI is InChI=1S/C20H25N3O/c1-12-3-6-18-16(7-12)17(9-19(22-18)15-4-5-15)20(24)23-11-14(10-21)8-13(23)2/h3,6-7,9,13-15H,4-5,8,10-11,21H2,1-2H3. The summed E-state index contributed by atoms with van der Waals surface area (Å²) in [5.74, 6) is 1.09. The molecule has 0 radical (unpaired) electrons. The van der Waals surface area contributed by atoms with Gasteiger partial charge in [0.15, 0.2) is 0 Å². The molecule has 2 aromatic rings. The molecular weight excluding hydrogens is 298 g/mol.